The molecule has 3 amide bonds. The number of hydrogen-bond donors (Lipinski definition) is 1. The second kappa shape index (κ2) is 8.33. The smallest absolute Gasteiger partial charge is 0.330 e. The molecule has 8 nitrogen and oxygen atoms in total. The largest absolute Gasteiger partial charge is 0.454 e. The van der Waals surface area contributed by atoms with Gasteiger partial charge in [0.1, 0.15) is 6.04 Å². The molecule has 1 aromatic carbocycles. The number of anilines is 1. The molecule has 0 aromatic heterocycles. The van der Waals surface area contributed by atoms with E-state index in [0.717, 1.165) is 11.3 Å². The molecule has 8 heteroatoms. The molecule has 1 heterocycles. The Morgan fingerprint density at radius 2 is 1.59 bits per heavy atom. The van der Waals surface area contributed by atoms with Crippen molar-refractivity contribution in [3.05, 3.63) is 42.0 Å². The number of rotatable bonds is 7. The summed E-state index contributed by atoms with van der Waals surface area (Å²) in [5.41, 5.74) is 0.972. The molecule has 5 atom stereocenters. The minimum absolute atomic E-state index is 0.0513. The van der Waals surface area contributed by atoms with Gasteiger partial charge in [0, 0.05) is 11.3 Å². The predicted molar refractivity (Wildman–Crippen MR) is 114 cm³/mol. The maximum absolute atomic E-state index is 13.1. The first-order valence-electron chi connectivity index (χ1n) is 10.8. The molecule has 2 aliphatic carbocycles. The third-order valence-electron chi connectivity index (χ3n) is 6.58. The zero-order valence-electron chi connectivity index (χ0n) is 18.2. The lowest BCUT2D eigenvalue weighted by atomic mass is 9.85. The van der Waals surface area contributed by atoms with Gasteiger partial charge >= 0.3 is 5.97 Å². The molecule has 1 saturated heterocycles. The molecule has 0 radical (unpaired) electrons. The molecule has 1 aromatic rings. The van der Waals surface area contributed by atoms with Gasteiger partial charge in [0.25, 0.3) is 5.91 Å². The lowest BCUT2D eigenvalue weighted by Crippen LogP contribution is -2.50. The second-order valence-electron chi connectivity index (χ2n) is 9.02. The van der Waals surface area contributed by atoms with E-state index in [1.54, 1.807) is 38.1 Å². The zero-order valence-corrected chi connectivity index (χ0v) is 18.2. The van der Waals surface area contributed by atoms with Gasteiger partial charge in [-0.2, -0.15) is 0 Å². The molecule has 0 unspecified atom stereocenters. The van der Waals surface area contributed by atoms with Gasteiger partial charge in [0.2, 0.25) is 11.8 Å². The van der Waals surface area contributed by atoms with Crippen LogP contribution in [0.1, 0.15) is 37.6 Å². The van der Waals surface area contributed by atoms with Gasteiger partial charge in [-0.05, 0) is 55.4 Å². The third kappa shape index (κ3) is 3.74. The van der Waals surface area contributed by atoms with E-state index in [1.165, 1.54) is 6.92 Å². The number of carbonyl (C=O) groups is 5. The fourth-order valence-corrected chi connectivity index (χ4v) is 5.08. The Kier molecular flexibility index (Phi) is 5.71. The van der Waals surface area contributed by atoms with Crippen LogP contribution in [0.15, 0.2) is 36.4 Å². The van der Waals surface area contributed by atoms with E-state index in [1.807, 2.05) is 12.2 Å². The Hall–Kier alpha value is -3.29. The van der Waals surface area contributed by atoms with Crippen molar-refractivity contribution in [2.24, 2.45) is 29.6 Å². The second-order valence-corrected chi connectivity index (χ2v) is 9.02. The fraction of sp³-hybridized carbons (Fsp3) is 0.458. The van der Waals surface area contributed by atoms with Crippen molar-refractivity contribution in [3.8, 4) is 0 Å². The highest BCUT2D eigenvalue weighted by Crippen LogP contribution is 2.53. The summed E-state index contributed by atoms with van der Waals surface area (Å²) >= 11 is 0. The summed E-state index contributed by atoms with van der Waals surface area (Å²) in [6.07, 6.45) is 4.80. The number of benzene rings is 1. The van der Waals surface area contributed by atoms with Crippen LogP contribution >= 0.6 is 0 Å². The van der Waals surface area contributed by atoms with Crippen molar-refractivity contribution in [3.63, 3.8) is 0 Å². The first-order valence-corrected chi connectivity index (χ1v) is 10.8. The standard InChI is InChI=1S/C24H26N2O6/c1-12(2)21(26-22(29)19-15-4-5-16(10-15)20(19)23(26)30)24(31)32-11-18(28)25-17-8-6-14(7-9-17)13(3)27/h4-9,12,15-16,19-21H,10-11H2,1-3H3,(H,25,28)/t15-,16-,19+,20+,21-/m0/s1. The van der Waals surface area contributed by atoms with E-state index >= 15 is 0 Å². The van der Waals surface area contributed by atoms with Crippen LogP contribution in [0.2, 0.25) is 0 Å². The summed E-state index contributed by atoms with van der Waals surface area (Å²) < 4.78 is 5.20. The summed E-state index contributed by atoms with van der Waals surface area (Å²) in [5.74, 6) is -3.10. The molecule has 1 aliphatic heterocycles. The van der Waals surface area contributed by atoms with Crippen LogP contribution in [0.25, 0.3) is 0 Å². The van der Waals surface area contributed by atoms with Crippen molar-refractivity contribution in [2.75, 3.05) is 11.9 Å². The topological polar surface area (TPSA) is 110 Å². The molecular weight excluding hydrogens is 412 g/mol. The summed E-state index contributed by atoms with van der Waals surface area (Å²) in [7, 11) is 0. The number of carbonyl (C=O) groups excluding carboxylic acids is 5. The number of ether oxygens (including phenoxy) is 1. The normalized spacial score (nSPS) is 26.4. The Morgan fingerprint density at radius 1 is 1.03 bits per heavy atom. The van der Waals surface area contributed by atoms with Crippen molar-refractivity contribution in [2.45, 2.75) is 33.2 Å². The van der Waals surface area contributed by atoms with Gasteiger partial charge < -0.3 is 10.1 Å². The maximum Gasteiger partial charge on any atom is 0.330 e. The van der Waals surface area contributed by atoms with Crippen LogP contribution < -0.4 is 5.32 Å². The number of amides is 3. The Bertz CT molecular complexity index is 982. The Labute approximate surface area is 186 Å². The van der Waals surface area contributed by atoms with Gasteiger partial charge in [0.05, 0.1) is 11.8 Å². The van der Waals surface area contributed by atoms with E-state index in [0.29, 0.717) is 11.3 Å². The first kappa shape index (κ1) is 21.9. The zero-order chi connectivity index (χ0) is 23.2. The quantitative estimate of drug-likeness (QED) is 0.303. The van der Waals surface area contributed by atoms with Crippen LogP contribution in [0.4, 0.5) is 5.69 Å². The van der Waals surface area contributed by atoms with Crippen LogP contribution in [0.3, 0.4) is 0 Å². The van der Waals surface area contributed by atoms with E-state index < -0.39 is 36.4 Å². The van der Waals surface area contributed by atoms with Gasteiger partial charge in [-0.3, -0.25) is 24.1 Å². The SMILES string of the molecule is CC(=O)c1ccc(NC(=O)COC(=O)[C@H](C(C)C)N2C(=O)[C@H]3[C@H](C2=O)[C@H]2C=C[C@H]3C2)cc1. The number of hydrogen-bond acceptors (Lipinski definition) is 6. The van der Waals surface area contributed by atoms with E-state index in [9.17, 15) is 24.0 Å². The van der Waals surface area contributed by atoms with Gasteiger partial charge in [0.15, 0.2) is 12.4 Å². The Balaban J connectivity index is 1.39. The van der Waals surface area contributed by atoms with Crippen molar-refractivity contribution >= 4 is 35.2 Å². The van der Waals surface area contributed by atoms with Crippen molar-refractivity contribution < 1.29 is 28.7 Å². The lowest BCUT2D eigenvalue weighted by Gasteiger charge is -2.28. The number of Topliss-reactive ketones (excluding diaryl/α,β-unsaturated/α-hetero) is 1. The molecule has 0 spiro atoms. The molecule has 168 valence electrons. The molecule has 1 N–H and O–H groups in total. The van der Waals surface area contributed by atoms with E-state index in [2.05, 4.69) is 5.32 Å². The minimum Gasteiger partial charge on any atom is -0.454 e. The summed E-state index contributed by atoms with van der Waals surface area (Å²) in [5, 5.41) is 2.59. The van der Waals surface area contributed by atoms with Gasteiger partial charge in [-0.15, -0.1) is 0 Å². The number of imide groups is 1. The number of esters is 1. The molecule has 32 heavy (non-hydrogen) atoms. The highest BCUT2D eigenvalue weighted by atomic mass is 16.5. The number of nitrogens with zero attached hydrogens (tertiary/aromatic N) is 1. The highest BCUT2D eigenvalue weighted by Gasteiger charge is 2.61. The lowest BCUT2D eigenvalue weighted by molar-refractivity contribution is -0.162. The van der Waals surface area contributed by atoms with E-state index in [4.69, 9.17) is 4.74 Å². The molecule has 4 rings (SSSR count). The van der Waals surface area contributed by atoms with Crippen LogP contribution in [0, 0.1) is 29.6 Å². The first-order chi connectivity index (χ1) is 15.2. The maximum atomic E-state index is 13.1. The average Bonchev–Trinajstić information content (AvgIpc) is 3.42. The fourth-order valence-electron chi connectivity index (χ4n) is 5.08. The van der Waals surface area contributed by atoms with Crippen LogP contribution in [-0.2, 0) is 23.9 Å². The molecule has 2 bridgehead atoms. The average molecular weight is 438 g/mol. The third-order valence-corrected chi connectivity index (χ3v) is 6.58. The van der Waals surface area contributed by atoms with Gasteiger partial charge in [-0.1, -0.05) is 26.0 Å². The van der Waals surface area contributed by atoms with Crippen molar-refractivity contribution in [1.82, 2.24) is 4.90 Å². The number of likely N-dealkylation sites (tertiary alicyclic amines) is 1. The van der Waals surface area contributed by atoms with Crippen LogP contribution in [0.5, 0.6) is 0 Å². The monoisotopic (exact) mass is 438 g/mol. The van der Waals surface area contributed by atoms with Crippen molar-refractivity contribution in [1.29, 1.82) is 0 Å². The van der Waals surface area contributed by atoms with Crippen LogP contribution in [-0.4, -0.2) is 47.0 Å². The molecule has 1 saturated carbocycles. The number of ketones is 1. The summed E-state index contributed by atoms with van der Waals surface area (Å²) in [4.78, 5) is 63.6. The molecule has 2 fully saturated rings. The summed E-state index contributed by atoms with van der Waals surface area (Å²) in [6.45, 7) is 4.38. The number of nitrogens with one attached hydrogen (secondary N) is 1. The van der Waals surface area contributed by atoms with E-state index in [-0.39, 0.29) is 35.4 Å². The molecule has 3 aliphatic rings. The number of allylic oxidation sites excluding steroid dienone is 2. The van der Waals surface area contributed by atoms with Gasteiger partial charge in [-0.25, -0.2) is 4.79 Å². The predicted octanol–water partition coefficient (Wildman–Crippen LogP) is 2.20. The minimum atomic E-state index is -1.07. The summed E-state index contributed by atoms with van der Waals surface area (Å²) in [6, 6.07) is 5.26. The molecular formula is C24H26N2O6. The number of fused-ring (bicyclic) bond motifs is 5. The Morgan fingerprint density at radius 3 is 2.09 bits per heavy atom. The highest BCUT2D eigenvalue weighted by molar-refractivity contribution is 6.09.